The maximum Gasteiger partial charge on any atom is 0.243 e. The first-order valence-corrected chi connectivity index (χ1v) is 7.58. The van der Waals surface area contributed by atoms with Gasteiger partial charge in [0.05, 0.1) is 4.90 Å². The number of hydrogen-bond acceptors (Lipinski definition) is 4. The van der Waals surface area contributed by atoms with Gasteiger partial charge in [-0.15, -0.1) is 0 Å². The largest absolute Gasteiger partial charge is 0.384 e. The van der Waals surface area contributed by atoms with Crippen LogP contribution in [-0.4, -0.2) is 30.3 Å². The van der Waals surface area contributed by atoms with Crippen LogP contribution in [0.4, 0.5) is 5.82 Å². The molecular weight excluding hydrogens is 250 g/mol. The quantitative estimate of drug-likeness (QED) is 0.882. The highest BCUT2D eigenvalue weighted by atomic mass is 32.2. The van der Waals surface area contributed by atoms with E-state index in [9.17, 15) is 8.42 Å². The minimum atomic E-state index is -3.44. The zero-order valence-electron chi connectivity index (χ0n) is 10.7. The summed E-state index contributed by atoms with van der Waals surface area (Å²) < 4.78 is 26.6. The van der Waals surface area contributed by atoms with Crippen LogP contribution >= 0.6 is 0 Å². The minimum absolute atomic E-state index is 0.0353. The zero-order chi connectivity index (χ0) is 13.3. The van der Waals surface area contributed by atoms with E-state index < -0.39 is 10.0 Å². The van der Waals surface area contributed by atoms with E-state index in [-0.39, 0.29) is 16.8 Å². The van der Waals surface area contributed by atoms with Crippen molar-refractivity contribution >= 4 is 15.8 Å². The third kappa shape index (κ3) is 2.49. The Hall–Kier alpha value is -1.14. The van der Waals surface area contributed by atoms with Crippen LogP contribution in [0.25, 0.3) is 0 Å². The Morgan fingerprint density at radius 1 is 1.44 bits per heavy atom. The van der Waals surface area contributed by atoms with Crippen LogP contribution < -0.4 is 5.73 Å². The summed E-state index contributed by atoms with van der Waals surface area (Å²) in [5.74, 6) is 0.808. The lowest BCUT2D eigenvalue weighted by atomic mass is 9.95. The molecule has 1 saturated heterocycles. The van der Waals surface area contributed by atoms with Gasteiger partial charge in [-0.2, -0.15) is 4.31 Å². The third-order valence-corrected chi connectivity index (χ3v) is 5.45. The number of anilines is 1. The van der Waals surface area contributed by atoms with Crippen molar-refractivity contribution in [2.45, 2.75) is 37.6 Å². The number of rotatable bonds is 2. The van der Waals surface area contributed by atoms with E-state index >= 15 is 0 Å². The average Bonchev–Trinajstić information content (AvgIpc) is 2.28. The molecule has 1 aliphatic rings. The van der Waals surface area contributed by atoms with E-state index in [4.69, 9.17) is 5.73 Å². The number of hydrogen-bond donors (Lipinski definition) is 1. The molecule has 0 aromatic carbocycles. The Morgan fingerprint density at radius 3 is 2.78 bits per heavy atom. The van der Waals surface area contributed by atoms with Gasteiger partial charge in [-0.25, -0.2) is 13.4 Å². The van der Waals surface area contributed by atoms with Crippen molar-refractivity contribution in [3.63, 3.8) is 0 Å². The van der Waals surface area contributed by atoms with Crippen molar-refractivity contribution in [3.8, 4) is 0 Å². The zero-order valence-corrected chi connectivity index (χ0v) is 11.5. The van der Waals surface area contributed by atoms with Crippen molar-refractivity contribution in [3.05, 3.63) is 18.3 Å². The number of aromatic nitrogens is 1. The van der Waals surface area contributed by atoms with Crippen LogP contribution in [0.1, 0.15) is 26.7 Å². The second-order valence-electron chi connectivity index (χ2n) is 5.01. The number of nitrogen functional groups attached to an aromatic ring is 1. The fraction of sp³-hybridized carbons (Fsp3) is 0.583. The molecule has 0 bridgehead atoms. The molecule has 18 heavy (non-hydrogen) atoms. The molecule has 0 amide bonds. The molecule has 100 valence electrons. The molecule has 2 heterocycles. The monoisotopic (exact) mass is 269 g/mol. The Balaban J connectivity index is 2.31. The number of nitrogens with two attached hydrogens (primary N) is 1. The molecule has 1 aliphatic heterocycles. The minimum Gasteiger partial charge on any atom is -0.384 e. The van der Waals surface area contributed by atoms with Gasteiger partial charge in [-0.3, -0.25) is 0 Å². The molecule has 0 radical (unpaired) electrons. The Kier molecular flexibility index (Phi) is 3.59. The molecule has 1 aromatic rings. The molecule has 0 saturated carbocycles. The van der Waals surface area contributed by atoms with Crippen molar-refractivity contribution in [2.75, 3.05) is 12.3 Å². The normalized spacial score (nSPS) is 26.1. The predicted molar refractivity (Wildman–Crippen MR) is 70.4 cm³/mol. The lowest BCUT2D eigenvalue weighted by molar-refractivity contribution is 0.220. The van der Waals surface area contributed by atoms with Crippen LogP contribution in [0.15, 0.2) is 23.2 Å². The first-order valence-electron chi connectivity index (χ1n) is 6.14. The van der Waals surface area contributed by atoms with Crippen molar-refractivity contribution in [1.82, 2.24) is 9.29 Å². The Bertz CT molecular complexity index is 530. The van der Waals surface area contributed by atoms with Crippen LogP contribution in [0.5, 0.6) is 0 Å². The Labute approximate surface area is 108 Å². The van der Waals surface area contributed by atoms with Crippen LogP contribution in [0, 0.1) is 5.92 Å². The third-order valence-electron chi connectivity index (χ3n) is 3.44. The number of piperidine rings is 1. The summed E-state index contributed by atoms with van der Waals surface area (Å²) in [7, 11) is -3.44. The molecule has 1 fully saturated rings. The molecule has 2 atom stereocenters. The summed E-state index contributed by atoms with van der Waals surface area (Å²) in [4.78, 5) is 4.06. The fourth-order valence-electron chi connectivity index (χ4n) is 2.47. The lowest BCUT2D eigenvalue weighted by Crippen LogP contribution is -2.44. The summed E-state index contributed by atoms with van der Waals surface area (Å²) in [5, 5.41) is 0. The first-order chi connectivity index (χ1) is 8.41. The first kappa shape index (κ1) is 13.3. The molecule has 1 aromatic heterocycles. The van der Waals surface area contributed by atoms with E-state index in [1.165, 1.54) is 18.3 Å². The standard InChI is InChI=1S/C12H19N3O2S/c1-9-4-6-15(10(2)7-9)18(16,17)11-3-5-14-12(13)8-11/h3,5,8-10H,4,6-7H2,1-2H3,(H2,13,14). The maximum absolute atomic E-state index is 12.5. The van der Waals surface area contributed by atoms with Crippen LogP contribution in [0.3, 0.4) is 0 Å². The topological polar surface area (TPSA) is 76.3 Å². The highest BCUT2D eigenvalue weighted by molar-refractivity contribution is 7.89. The van der Waals surface area contributed by atoms with Gasteiger partial charge >= 0.3 is 0 Å². The van der Waals surface area contributed by atoms with Gasteiger partial charge in [0.25, 0.3) is 0 Å². The smallest absolute Gasteiger partial charge is 0.243 e. The van der Waals surface area contributed by atoms with E-state index in [1.54, 1.807) is 4.31 Å². The molecule has 0 aliphatic carbocycles. The summed E-state index contributed by atoms with van der Waals surface area (Å²) in [6, 6.07) is 2.95. The second-order valence-corrected chi connectivity index (χ2v) is 6.90. The molecule has 6 heteroatoms. The van der Waals surface area contributed by atoms with Gasteiger partial charge in [0.1, 0.15) is 5.82 Å². The molecule has 2 rings (SSSR count). The molecule has 2 N–H and O–H groups in total. The second kappa shape index (κ2) is 4.85. The maximum atomic E-state index is 12.5. The highest BCUT2D eigenvalue weighted by Gasteiger charge is 2.33. The van der Waals surface area contributed by atoms with Crippen LogP contribution in [-0.2, 0) is 10.0 Å². The predicted octanol–water partition coefficient (Wildman–Crippen LogP) is 1.47. The van der Waals surface area contributed by atoms with Crippen molar-refractivity contribution in [2.24, 2.45) is 5.92 Å². The van der Waals surface area contributed by atoms with Crippen LogP contribution in [0.2, 0.25) is 0 Å². The van der Waals surface area contributed by atoms with Gasteiger partial charge in [0.15, 0.2) is 0 Å². The summed E-state index contributed by atoms with van der Waals surface area (Å²) in [6.07, 6.45) is 3.24. The van der Waals surface area contributed by atoms with Crippen molar-refractivity contribution < 1.29 is 8.42 Å². The SMILES string of the molecule is CC1CCN(S(=O)(=O)c2ccnc(N)c2)C(C)C1. The van der Waals surface area contributed by atoms with Gasteiger partial charge < -0.3 is 5.73 Å². The van der Waals surface area contributed by atoms with Gasteiger partial charge in [0.2, 0.25) is 10.0 Å². The number of sulfonamides is 1. The van der Waals surface area contributed by atoms with E-state index in [0.717, 1.165) is 12.8 Å². The van der Waals surface area contributed by atoms with Gasteiger partial charge in [-0.05, 0) is 31.7 Å². The fourth-order valence-corrected chi connectivity index (χ4v) is 4.15. The lowest BCUT2D eigenvalue weighted by Gasteiger charge is -2.35. The number of nitrogens with zero attached hydrogens (tertiary/aromatic N) is 2. The van der Waals surface area contributed by atoms with Gasteiger partial charge in [0, 0.05) is 24.8 Å². The van der Waals surface area contributed by atoms with E-state index in [0.29, 0.717) is 12.5 Å². The summed E-state index contributed by atoms with van der Waals surface area (Å²) in [6.45, 7) is 4.69. The number of pyridine rings is 1. The summed E-state index contributed by atoms with van der Waals surface area (Å²) >= 11 is 0. The summed E-state index contributed by atoms with van der Waals surface area (Å²) in [5.41, 5.74) is 5.55. The molecule has 2 unspecified atom stereocenters. The van der Waals surface area contributed by atoms with Gasteiger partial charge in [-0.1, -0.05) is 6.92 Å². The molecule has 5 nitrogen and oxygen atoms in total. The van der Waals surface area contributed by atoms with E-state index in [1.807, 2.05) is 6.92 Å². The molecular formula is C12H19N3O2S. The average molecular weight is 269 g/mol. The molecule has 0 spiro atoms. The van der Waals surface area contributed by atoms with Crippen molar-refractivity contribution in [1.29, 1.82) is 0 Å². The Morgan fingerprint density at radius 2 is 2.17 bits per heavy atom. The highest BCUT2D eigenvalue weighted by Crippen LogP contribution is 2.28. The van der Waals surface area contributed by atoms with E-state index in [2.05, 4.69) is 11.9 Å².